The molecule has 0 fully saturated rings. The minimum Gasteiger partial charge on any atom is -0.384 e. The first-order valence-corrected chi connectivity index (χ1v) is 7.91. The number of aliphatic hydroxyl groups is 1. The highest BCUT2D eigenvalue weighted by atomic mass is 35.5. The average Bonchev–Trinajstić information content (AvgIpc) is 2.57. The van der Waals surface area contributed by atoms with Gasteiger partial charge in [-0.1, -0.05) is 60.1 Å². The quantitative estimate of drug-likeness (QED) is 0.750. The third-order valence-electron chi connectivity index (χ3n) is 4.09. The largest absolute Gasteiger partial charge is 0.384 e. The monoisotopic (exact) mass is 323 g/mol. The van der Waals surface area contributed by atoms with Gasteiger partial charge in [0.1, 0.15) is 0 Å². The fraction of sp³-hybridized carbons (Fsp3) is 0.150. The van der Waals surface area contributed by atoms with Crippen LogP contribution in [0.2, 0.25) is 5.02 Å². The molecule has 3 aromatic rings. The highest BCUT2D eigenvalue weighted by molar-refractivity contribution is 6.30. The predicted octanol–water partition coefficient (Wildman–Crippen LogP) is 4.77. The summed E-state index contributed by atoms with van der Waals surface area (Å²) < 4.78 is 0. The van der Waals surface area contributed by atoms with Crippen LogP contribution in [0.3, 0.4) is 0 Å². The van der Waals surface area contributed by atoms with Gasteiger partial charge < -0.3 is 5.11 Å². The van der Waals surface area contributed by atoms with E-state index in [9.17, 15) is 5.11 Å². The summed E-state index contributed by atoms with van der Waals surface area (Å²) in [4.78, 5) is 4.48. The molecule has 0 aliphatic carbocycles. The van der Waals surface area contributed by atoms with Gasteiger partial charge in [0.05, 0.1) is 17.2 Å². The summed E-state index contributed by atoms with van der Waals surface area (Å²) in [5.74, 6) is -0.289. The third-order valence-corrected chi connectivity index (χ3v) is 4.32. The van der Waals surface area contributed by atoms with Crippen molar-refractivity contribution in [2.24, 2.45) is 0 Å². The normalized spacial score (nSPS) is 14.9. The molecule has 2 nitrogen and oxygen atoms in total. The molecule has 0 amide bonds. The van der Waals surface area contributed by atoms with E-state index in [1.807, 2.05) is 67.6 Å². The Bertz CT molecular complexity index is 732. The Morgan fingerprint density at radius 2 is 1.70 bits per heavy atom. The average molecular weight is 324 g/mol. The van der Waals surface area contributed by atoms with E-state index in [0.29, 0.717) is 5.02 Å². The lowest BCUT2D eigenvalue weighted by atomic mass is 9.76. The Labute approximate surface area is 141 Å². The lowest BCUT2D eigenvalue weighted by molar-refractivity contribution is 0.0380. The molecule has 0 saturated carbocycles. The van der Waals surface area contributed by atoms with Gasteiger partial charge in [0.2, 0.25) is 0 Å². The molecule has 1 N–H and O–H groups in total. The van der Waals surface area contributed by atoms with Crippen molar-refractivity contribution in [2.45, 2.75) is 18.4 Å². The predicted molar refractivity (Wildman–Crippen MR) is 93.5 cm³/mol. The molecule has 2 atom stereocenters. The molecule has 0 aliphatic heterocycles. The molecular weight excluding hydrogens is 306 g/mol. The zero-order valence-corrected chi connectivity index (χ0v) is 13.6. The van der Waals surface area contributed by atoms with Crippen LogP contribution < -0.4 is 0 Å². The Morgan fingerprint density at radius 1 is 0.957 bits per heavy atom. The second-order valence-electron chi connectivity index (χ2n) is 5.76. The van der Waals surface area contributed by atoms with E-state index in [-0.39, 0.29) is 5.92 Å². The Kier molecular flexibility index (Phi) is 4.46. The minimum atomic E-state index is -1.14. The van der Waals surface area contributed by atoms with Crippen molar-refractivity contribution in [2.75, 3.05) is 0 Å². The summed E-state index contributed by atoms with van der Waals surface area (Å²) in [6, 6.07) is 23.0. The van der Waals surface area contributed by atoms with Crippen molar-refractivity contribution in [3.05, 3.63) is 101 Å². The molecule has 3 heteroatoms. The number of halogens is 1. The fourth-order valence-electron chi connectivity index (χ4n) is 2.95. The second-order valence-corrected chi connectivity index (χ2v) is 6.19. The van der Waals surface area contributed by atoms with Crippen molar-refractivity contribution >= 4 is 11.6 Å². The van der Waals surface area contributed by atoms with Crippen LogP contribution in [0.4, 0.5) is 0 Å². The van der Waals surface area contributed by atoms with E-state index in [1.165, 1.54) is 0 Å². The molecule has 0 bridgehead atoms. The van der Waals surface area contributed by atoms with Crippen LogP contribution in [-0.4, -0.2) is 10.1 Å². The van der Waals surface area contributed by atoms with Gasteiger partial charge in [0.25, 0.3) is 0 Å². The van der Waals surface area contributed by atoms with E-state index in [0.717, 1.165) is 16.8 Å². The van der Waals surface area contributed by atoms with E-state index < -0.39 is 5.60 Å². The van der Waals surface area contributed by atoms with Gasteiger partial charge in [-0.3, -0.25) is 4.98 Å². The molecular formula is C20H18ClNO. The van der Waals surface area contributed by atoms with Crippen molar-refractivity contribution in [1.82, 2.24) is 4.98 Å². The van der Waals surface area contributed by atoms with Crippen LogP contribution in [0.25, 0.3) is 0 Å². The van der Waals surface area contributed by atoms with Gasteiger partial charge in [-0.2, -0.15) is 0 Å². The summed E-state index contributed by atoms with van der Waals surface area (Å²) >= 11 is 6.12. The maximum absolute atomic E-state index is 11.4. The first-order valence-electron chi connectivity index (χ1n) is 7.53. The number of nitrogens with zero attached hydrogens (tertiary/aromatic N) is 1. The van der Waals surface area contributed by atoms with Gasteiger partial charge in [-0.15, -0.1) is 0 Å². The van der Waals surface area contributed by atoms with Crippen molar-refractivity contribution in [3.8, 4) is 0 Å². The van der Waals surface area contributed by atoms with Crippen LogP contribution in [0.15, 0.2) is 79.0 Å². The van der Waals surface area contributed by atoms with Crippen LogP contribution in [0.1, 0.15) is 29.7 Å². The smallest absolute Gasteiger partial charge is 0.0992 e. The lowest BCUT2D eigenvalue weighted by Gasteiger charge is -2.33. The topological polar surface area (TPSA) is 33.1 Å². The van der Waals surface area contributed by atoms with Crippen LogP contribution in [0, 0.1) is 0 Å². The van der Waals surface area contributed by atoms with E-state index in [4.69, 9.17) is 11.6 Å². The Morgan fingerprint density at radius 3 is 2.35 bits per heavy atom. The van der Waals surface area contributed by atoms with E-state index in [2.05, 4.69) is 4.98 Å². The molecule has 0 radical (unpaired) electrons. The molecule has 0 saturated heterocycles. The van der Waals surface area contributed by atoms with Gasteiger partial charge in [0, 0.05) is 11.2 Å². The molecule has 2 aromatic carbocycles. The number of benzene rings is 2. The van der Waals surface area contributed by atoms with Crippen molar-refractivity contribution in [3.63, 3.8) is 0 Å². The molecule has 1 heterocycles. The van der Waals surface area contributed by atoms with Crippen LogP contribution in [0.5, 0.6) is 0 Å². The summed E-state index contributed by atoms with van der Waals surface area (Å²) in [7, 11) is 0. The Hall–Kier alpha value is -2.16. The second kappa shape index (κ2) is 6.53. The molecule has 0 aliphatic rings. The molecule has 116 valence electrons. The molecule has 0 spiro atoms. The maximum Gasteiger partial charge on any atom is 0.0992 e. The highest BCUT2D eigenvalue weighted by Gasteiger charge is 2.37. The van der Waals surface area contributed by atoms with Crippen molar-refractivity contribution < 1.29 is 5.11 Å². The summed E-state index contributed by atoms with van der Waals surface area (Å²) in [5, 5.41) is 12.0. The number of hydrogen-bond acceptors (Lipinski definition) is 2. The summed E-state index contributed by atoms with van der Waals surface area (Å²) in [6.45, 7) is 1.81. The SMILES string of the molecule is C[C@](O)(c1cccc(Cl)c1)[C@@H](c1ccccc1)c1ccccn1. The number of aromatic nitrogens is 1. The molecule has 0 unspecified atom stereocenters. The standard InChI is InChI=1S/C20H18ClNO/c1-20(23,16-10-7-11-17(21)14-16)19(15-8-3-2-4-9-15)18-12-5-6-13-22-18/h2-14,19,23H,1H3/t19-,20-/m0/s1. The third kappa shape index (κ3) is 3.29. The summed E-state index contributed by atoms with van der Waals surface area (Å²) in [5.41, 5.74) is 1.46. The zero-order valence-electron chi connectivity index (χ0n) is 12.9. The van der Waals surface area contributed by atoms with Crippen LogP contribution >= 0.6 is 11.6 Å². The zero-order chi connectivity index (χ0) is 16.3. The first-order chi connectivity index (χ1) is 11.1. The summed E-state index contributed by atoms with van der Waals surface area (Å²) in [6.07, 6.45) is 1.75. The maximum atomic E-state index is 11.4. The van der Waals surface area contributed by atoms with Gasteiger partial charge >= 0.3 is 0 Å². The molecule has 3 rings (SSSR count). The fourth-order valence-corrected chi connectivity index (χ4v) is 3.14. The molecule has 1 aromatic heterocycles. The van der Waals surface area contributed by atoms with E-state index in [1.54, 1.807) is 18.3 Å². The van der Waals surface area contributed by atoms with Crippen LogP contribution in [-0.2, 0) is 5.60 Å². The number of hydrogen-bond donors (Lipinski definition) is 1. The highest BCUT2D eigenvalue weighted by Crippen LogP contribution is 2.41. The van der Waals surface area contributed by atoms with E-state index >= 15 is 0 Å². The lowest BCUT2D eigenvalue weighted by Crippen LogP contribution is -2.31. The van der Waals surface area contributed by atoms with Gasteiger partial charge in [-0.25, -0.2) is 0 Å². The van der Waals surface area contributed by atoms with Gasteiger partial charge in [0.15, 0.2) is 0 Å². The number of pyridine rings is 1. The first kappa shape index (κ1) is 15.7. The minimum absolute atomic E-state index is 0.289. The molecule has 23 heavy (non-hydrogen) atoms. The Balaban J connectivity index is 2.15. The van der Waals surface area contributed by atoms with Crippen molar-refractivity contribution in [1.29, 1.82) is 0 Å². The van der Waals surface area contributed by atoms with Gasteiger partial charge in [-0.05, 0) is 42.3 Å². The number of rotatable bonds is 4.